The highest BCUT2D eigenvalue weighted by Crippen LogP contribution is 2.44. The monoisotopic (exact) mass is 374 g/mol. The molecule has 136 valence electrons. The molecule has 0 saturated carbocycles. The summed E-state index contributed by atoms with van der Waals surface area (Å²) in [6, 6.07) is 26.7. The average Bonchev–Trinajstić information content (AvgIpc) is 3.15. The number of aliphatic imine (C=N–C) groups is 1. The molecule has 1 aliphatic heterocycles. The van der Waals surface area contributed by atoms with Gasteiger partial charge in [0.2, 0.25) is 5.90 Å². The zero-order chi connectivity index (χ0) is 18.5. The Morgan fingerprint density at radius 1 is 0.889 bits per heavy atom. The van der Waals surface area contributed by atoms with E-state index >= 15 is 0 Å². The zero-order valence-electron chi connectivity index (χ0n) is 15.3. The third kappa shape index (κ3) is 3.37. The van der Waals surface area contributed by atoms with E-state index in [4.69, 9.17) is 9.73 Å². The lowest BCUT2D eigenvalue weighted by Crippen LogP contribution is -2.39. The number of hydrogen-bond acceptors (Lipinski definition) is 4. The zero-order valence-corrected chi connectivity index (χ0v) is 16.1. The SMILES string of the molecule is CSCC[C@@H]1N=C(c2ccccn2)OC1(c1ccccc1)c1ccccc1. The number of pyridine rings is 1. The molecule has 3 aromatic rings. The molecule has 3 nitrogen and oxygen atoms in total. The summed E-state index contributed by atoms with van der Waals surface area (Å²) in [5.74, 6) is 1.64. The second-order valence-corrected chi connectivity index (χ2v) is 7.50. The Morgan fingerprint density at radius 3 is 2.07 bits per heavy atom. The van der Waals surface area contributed by atoms with Crippen molar-refractivity contribution < 1.29 is 4.74 Å². The van der Waals surface area contributed by atoms with E-state index in [-0.39, 0.29) is 6.04 Å². The lowest BCUT2D eigenvalue weighted by Gasteiger charge is -2.34. The molecule has 0 radical (unpaired) electrons. The molecule has 27 heavy (non-hydrogen) atoms. The lowest BCUT2D eigenvalue weighted by molar-refractivity contribution is 0.0966. The summed E-state index contributed by atoms with van der Waals surface area (Å²) in [6.45, 7) is 0. The Labute approximate surface area is 164 Å². The molecule has 4 rings (SSSR count). The van der Waals surface area contributed by atoms with Gasteiger partial charge < -0.3 is 4.74 Å². The van der Waals surface area contributed by atoms with Gasteiger partial charge in [-0.15, -0.1) is 0 Å². The van der Waals surface area contributed by atoms with Crippen molar-refractivity contribution in [2.75, 3.05) is 12.0 Å². The van der Waals surface area contributed by atoms with E-state index in [2.05, 4.69) is 59.8 Å². The van der Waals surface area contributed by atoms with Gasteiger partial charge >= 0.3 is 0 Å². The first-order chi connectivity index (χ1) is 13.3. The van der Waals surface area contributed by atoms with Crippen molar-refractivity contribution in [2.24, 2.45) is 4.99 Å². The third-order valence-corrected chi connectivity index (χ3v) is 5.53. The fraction of sp³-hybridized carbons (Fsp3) is 0.217. The molecule has 0 N–H and O–H groups in total. The van der Waals surface area contributed by atoms with Crippen LogP contribution in [-0.2, 0) is 10.3 Å². The van der Waals surface area contributed by atoms with Gasteiger partial charge in [0, 0.05) is 17.3 Å². The van der Waals surface area contributed by atoms with Gasteiger partial charge in [-0.1, -0.05) is 66.7 Å². The topological polar surface area (TPSA) is 34.5 Å². The molecule has 0 saturated heterocycles. The Morgan fingerprint density at radius 2 is 1.52 bits per heavy atom. The van der Waals surface area contributed by atoms with Crippen LogP contribution in [0.3, 0.4) is 0 Å². The number of benzene rings is 2. The normalized spacial score (nSPS) is 18.0. The molecular weight excluding hydrogens is 352 g/mol. The molecule has 0 spiro atoms. The van der Waals surface area contributed by atoms with Crippen molar-refractivity contribution in [2.45, 2.75) is 18.1 Å². The first kappa shape index (κ1) is 17.8. The molecule has 4 heteroatoms. The lowest BCUT2D eigenvalue weighted by atomic mass is 9.79. The van der Waals surface area contributed by atoms with Crippen molar-refractivity contribution >= 4 is 17.7 Å². The van der Waals surface area contributed by atoms with Crippen LogP contribution < -0.4 is 0 Å². The van der Waals surface area contributed by atoms with Crippen LogP contribution in [0, 0.1) is 0 Å². The summed E-state index contributed by atoms with van der Waals surface area (Å²) >= 11 is 1.84. The fourth-order valence-corrected chi connectivity index (χ4v) is 4.08. The van der Waals surface area contributed by atoms with Crippen molar-refractivity contribution in [3.8, 4) is 0 Å². The van der Waals surface area contributed by atoms with E-state index in [0.717, 1.165) is 29.0 Å². The highest BCUT2D eigenvalue weighted by Gasteiger charge is 2.49. The van der Waals surface area contributed by atoms with Crippen LogP contribution in [0.1, 0.15) is 23.2 Å². The first-order valence-electron chi connectivity index (χ1n) is 9.13. The van der Waals surface area contributed by atoms with E-state index in [1.165, 1.54) is 0 Å². The first-order valence-corrected chi connectivity index (χ1v) is 10.5. The predicted molar refractivity (Wildman–Crippen MR) is 112 cm³/mol. The second kappa shape index (κ2) is 7.97. The van der Waals surface area contributed by atoms with Gasteiger partial charge in [0.1, 0.15) is 11.7 Å². The number of rotatable bonds is 6. The van der Waals surface area contributed by atoms with Crippen molar-refractivity contribution in [3.63, 3.8) is 0 Å². The van der Waals surface area contributed by atoms with E-state index in [1.54, 1.807) is 6.20 Å². The van der Waals surface area contributed by atoms with Gasteiger partial charge in [0.25, 0.3) is 0 Å². The minimum absolute atomic E-state index is 0.00763. The molecule has 0 unspecified atom stereocenters. The maximum absolute atomic E-state index is 6.70. The molecule has 1 aromatic heterocycles. The molecule has 1 atom stereocenters. The number of ether oxygens (including phenoxy) is 1. The molecular formula is C23H22N2OS. The average molecular weight is 375 g/mol. The Kier molecular flexibility index (Phi) is 5.26. The molecule has 2 heterocycles. The van der Waals surface area contributed by atoms with E-state index in [1.807, 2.05) is 42.1 Å². The number of aromatic nitrogens is 1. The summed E-state index contributed by atoms with van der Waals surface area (Å²) in [5, 5.41) is 0. The van der Waals surface area contributed by atoms with Gasteiger partial charge in [-0.05, 0) is 30.6 Å². The van der Waals surface area contributed by atoms with Gasteiger partial charge in [0.15, 0.2) is 5.60 Å². The summed E-state index contributed by atoms with van der Waals surface area (Å²) in [6.07, 6.45) is 4.84. The Hall–Kier alpha value is -2.59. The summed E-state index contributed by atoms with van der Waals surface area (Å²) in [7, 11) is 0. The predicted octanol–water partition coefficient (Wildman–Crippen LogP) is 4.92. The second-order valence-electron chi connectivity index (χ2n) is 6.52. The van der Waals surface area contributed by atoms with Crippen LogP contribution in [-0.4, -0.2) is 28.9 Å². The molecule has 0 amide bonds. The van der Waals surface area contributed by atoms with Crippen LogP contribution in [0.2, 0.25) is 0 Å². The highest BCUT2D eigenvalue weighted by molar-refractivity contribution is 7.98. The molecule has 0 fully saturated rings. The van der Waals surface area contributed by atoms with Crippen LogP contribution in [0.4, 0.5) is 0 Å². The van der Waals surface area contributed by atoms with Gasteiger partial charge in [-0.25, -0.2) is 4.99 Å². The van der Waals surface area contributed by atoms with E-state index < -0.39 is 5.60 Å². The van der Waals surface area contributed by atoms with Crippen LogP contribution in [0.5, 0.6) is 0 Å². The molecule has 2 aromatic carbocycles. The van der Waals surface area contributed by atoms with E-state index in [0.29, 0.717) is 5.90 Å². The van der Waals surface area contributed by atoms with Gasteiger partial charge in [-0.2, -0.15) is 11.8 Å². The standard InChI is InChI=1S/C23H22N2OS/c1-27-17-15-21-23(18-10-4-2-5-11-18,19-12-6-3-7-13-19)26-22(25-21)20-14-8-9-16-24-20/h2-14,16,21H,15,17H2,1H3/t21-/m0/s1. The fourth-order valence-electron chi connectivity index (χ4n) is 3.63. The Bertz CT molecular complexity index is 858. The largest absolute Gasteiger partial charge is 0.458 e. The molecule has 0 bridgehead atoms. The quantitative estimate of drug-likeness (QED) is 0.614. The van der Waals surface area contributed by atoms with Gasteiger partial charge in [0.05, 0.1) is 0 Å². The number of nitrogens with zero attached hydrogens (tertiary/aromatic N) is 2. The molecule has 0 aliphatic carbocycles. The van der Waals surface area contributed by atoms with Crippen molar-refractivity contribution in [3.05, 3.63) is 102 Å². The van der Waals surface area contributed by atoms with Crippen LogP contribution >= 0.6 is 11.8 Å². The number of hydrogen-bond donors (Lipinski definition) is 0. The minimum Gasteiger partial charge on any atom is -0.458 e. The van der Waals surface area contributed by atoms with Crippen LogP contribution in [0.25, 0.3) is 0 Å². The van der Waals surface area contributed by atoms with Gasteiger partial charge in [-0.3, -0.25) is 4.98 Å². The summed E-state index contributed by atoms with van der Waals surface area (Å²) in [5.41, 5.74) is 2.39. The highest BCUT2D eigenvalue weighted by atomic mass is 32.2. The maximum atomic E-state index is 6.70. The maximum Gasteiger partial charge on any atom is 0.237 e. The van der Waals surface area contributed by atoms with E-state index in [9.17, 15) is 0 Å². The summed E-state index contributed by atoms with van der Waals surface area (Å²) < 4.78 is 6.70. The smallest absolute Gasteiger partial charge is 0.237 e. The van der Waals surface area contributed by atoms with Crippen LogP contribution in [0.15, 0.2) is 90.1 Å². The van der Waals surface area contributed by atoms with Crippen molar-refractivity contribution in [1.29, 1.82) is 0 Å². The summed E-state index contributed by atoms with van der Waals surface area (Å²) in [4.78, 5) is 9.49. The minimum atomic E-state index is -0.634. The number of thioether (sulfide) groups is 1. The van der Waals surface area contributed by atoms with Crippen molar-refractivity contribution in [1.82, 2.24) is 4.98 Å². The molecule has 1 aliphatic rings. The Balaban J connectivity index is 1.86. The third-order valence-electron chi connectivity index (χ3n) is 4.88.